The summed E-state index contributed by atoms with van der Waals surface area (Å²) in [7, 11) is 2.22. The Kier molecular flexibility index (Phi) is 3.20. The molecule has 16 heavy (non-hydrogen) atoms. The molecule has 0 spiro atoms. The third-order valence-electron chi connectivity index (χ3n) is 3.95. The van der Waals surface area contributed by atoms with Crippen LogP contribution in [-0.2, 0) is 0 Å². The largest absolute Gasteiger partial charge is 0.399 e. The molecule has 0 saturated heterocycles. The summed E-state index contributed by atoms with van der Waals surface area (Å²) in [6.45, 7) is 4.59. The van der Waals surface area contributed by atoms with Crippen molar-refractivity contribution < 1.29 is 0 Å². The number of nitrogens with zero attached hydrogens (tertiary/aromatic N) is 1. The average Bonchev–Trinajstić information content (AvgIpc) is 3.10. The van der Waals surface area contributed by atoms with E-state index in [0.717, 1.165) is 11.6 Å². The molecule has 2 atom stereocenters. The molecule has 2 N–H and O–H groups in total. The lowest BCUT2D eigenvalue weighted by Gasteiger charge is -2.31. The molecule has 2 heteroatoms. The smallest absolute Gasteiger partial charge is 0.0320 e. The summed E-state index contributed by atoms with van der Waals surface area (Å²) in [6, 6.07) is 9.35. The van der Waals surface area contributed by atoms with Gasteiger partial charge in [0.2, 0.25) is 0 Å². The summed E-state index contributed by atoms with van der Waals surface area (Å²) < 4.78 is 0. The van der Waals surface area contributed by atoms with E-state index in [0.29, 0.717) is 12.1 Å². The second-order valence-electron chi connectivity index (χ2n) is 5.09. The minimum atomic E-state index is 0.444. The van der Waals surface area contributed by atoms with Gasteiger partial charge in [-0.15, -0.1) is 0 Å². The summed E-state index contributed by atoms with van der Waals surface area (Å²) in [5.41, 5.74) is 8.00. The number of rotatable bonds is 4. The van der Waals surface area contributed by atoms with Gasteiger partial charge in [-0.3, -0.25) is 4.90 Å². The molecule has 0 heterocycles. The van der Waals surface area contributed by atoms with Gasteiger partial charge in [0.1, 0.15) is 0 Å². The van der Waals surface area contributed by atoms with Gasteiger partial charge in [0.15, 0.2) is 0 Å². The van der Waals surface area contributed by atoms with E-state index in [-0.39, 0.29) is 0 Å². The number of anilines is 1. The highest BCUT2D eigenvalue weighted by molar-refractivity contribution is 5.41. The first-order valence-corrected chi connectivity index (χ1v) is 6.17. The lowest BCUT2D eigenvalue weighted by atomic mass is 10.0. The molecular formula is C14H22N2. The molecule has 0 aliphatic heterocycles. The zero-order valence-corrected chi connectivity index (χ0v) is 10.5. The average molecular weight is 218 g/mol. The first-order chi connectivity index (χ1) is 7.59. The number of nitrogen functional groups attached to an aromatic ring is 1. The highest BCUT2D eigenvalue weighted by Crippen LogP contribution is 2.37. The lowest BCUT2D eigenvalue weighted by Crippen LogP contribution is -2.33. The third-order valence-corrected chi connectivity index (χ3v) is 3.95. The van der Waals surface area contributed by atoms with Crippen molar-refractivity contribution in [3.8, 4) is 0 Å². The quantitative estimate of drug-likeness (QED) is 0.787. The van der Waals surface area contributed by atoms with E-state index in [2.05, 4.69) is 37.9 Å². The highest BCUT2D eigenvalue weighted by Gasteiger charge is 2.32. The van der Waals surface area contributed by atoms with Crippen molar-refractivity contribution in [3.05, 3.63) is 29.8 Å². The van der Waals surface area contributed by atoms with Gasteiger partial charge in [-0.2, -0.15) is 0 Å². The Labute approximate surface area is 98.4 Å². The summed E-state index contributed by atoms with van der Waals surface area (Å²) >= 11 is 0. The molecule has 2 rings (SSSR count). The third kappa shape index (κ3) is 2.38. The second-order valence-corrected chi connectivity index (χ2v) is 5.09. The Bertz CT molecular complexity index is 358. The summed E-state index contributed by atoms with van der Waals surface area (Å²) in [5.74, 6) is 0.911. The SMILES string of the molecule is CC(c1cccc(N)c1)N(C)C(C)C1CC1. The Morgan fingerprint density at radius 1 is 1.31 bits per heavy atom. The van der Waals surface area contributed by atoms with E-state index in [1.165, 1.54) is 18.4 Å². The van der Waals surface area contributed by atoms with Gasteiger partial charge in [0.05, 0.1) is 0 Å². The Morgan fingerprint density at radius 2 is 2.00 bits per heavy atom. The molecular weight excluding hydrogens is 196 g/mol. The van der Waals surface area contributed by atoms with Crippen molar-refractivity contribution in [1.82, 2.24) is 4.90 Å². The maximum atomic E-state index is 5.83. The molecule has 1 aromatic rings. The van der Waals surface area contributed by atoms with Crippen LogP contribution in [0.25, 0.3) is 0 Å². The van der Waals surface area contributed by atoms with Crippen LogP contribution in [0.15, 0.2) is 24.3 Å². The monoisotopic (exact) mass is 218 g/mol. The van der Waals surface area contributed by atoms with Gasteiger partial charge in [-0.25, -0.2) is 0 Å². The molecule has 1 aliphatic rings. The fourth-order valence-corrected chi connectivity index (χ4v) is 2.32. The maximum Gasteiger partial charge on any atom is 0.0320 e. The van der Waals surface area contributed by atoms with E-state index < -0.39 is 0 Å². The zero-order chi connectivity index (χ0) is 11.7. The molecule has 0 radical (unpaired) electrons. The van der Waals surface area contributed by atoms with Gasteiger partial charge >= 0.3 is 0 Å². The van der Waals surface area contributed by atoms with E-state index in [1.807, 2.05) is 12.1 Å². The van der Waals surface area contributed by atoms with Crippen LogP contribution in [0, 0.1) is 5.92 Å². The zero-order valence-electron chi connectivity index (χ0n) is 10.5. The van der Waals surface area contributed by atoms with Gasteiger partial charge in [-0.1, -0.05) is 12.1 Å². The maximum absolute atomic E-state index is 5.83. The molecule has 1 saturated carbocycles. The molecule has 0 amide bonds. The fourth-order valence-electron chi connectivity index (χ4n) is 2.32. The predicted octanol–water partition coefficient (Wildman–Crippen LogP) is 3.06. The van der Waals surface area contributed by atoms with Gasteiger partial charge in [-0.05, 0) is 57.4 Å². The topological polar surface area (TPSA) is 29.3 Å². The number of hydrogen-bond acceptors (Lipinski definition) is 2. The lowest BCUT2D eigenvalue weighted by molar-refractivity contribution is 0.179. The highest BCUT2D eigenvalue weighted by atomic mass is 15.2. The van der Waals surface area contributed by atoms with Crippen molar-refractivity contribution in [3.63, 3.8) is 0 Å². The number of nitrogens with two attached hydrogens (primary N) is 1. The molecule has 2 nitrogen and oxygen atoms in total. The molecule has 2 unspecified atom stereocenters. The van der Waals surface area contributed by atoms with Crippen molar-refractivity contribution in [2.45, 2.75) is 38.8 Å². The van der Waals surface area contributed by atoms with Crippen LogP contribution in [0.5, 0.6) is 0 Å². The molecule has 1 fully saturated rings. The minimum absolute atomic E-state index is 0.444. The van der Waals surface area contributed by atoms with E-state index in [1.54, 1.807) is 0 Å². The normalized spacial score (nSPS) is 19.8. The van der Waals surface area contributed by atoms with Crippen molar-refractivity contribution in [2.24, 2.45) is 5.92 Å². The van der Waals surface area contributed by atoms with Gasteiger partial charge in [0, 0.05) is 17.8 Å². The van der Waals surface area contributed by atoms with Crippen LogP contribution in [0.4, 0.5) is 5.69 Å². The Hall–Kier alpha value is -1.02. The minimum Gasteiger partial charge on any atom is -0.399 e. The van der Waals surface area contributed by atoms with E-state index in [9.17, 15) is 0 Å². The summed E-state index contributed by atoms with van der Waals surface area (Å²) in [4.78, 5) is 2.46. The van der Waals surface area contributed by atoms with Crippen molar-refractivity contribution >= 4 is 5.69 Å². The van der Waals surface area contributed by atoms with Crippen LogP contribution >= 0.6 is 0 Å². The summed E-state index contributed by atoms with van der Waals surface area (Å²) in [5, 5.41) is 0. The van der Waals surface area contributed by atoms with Crippen LogP contribution in [0.3, 0.4) is 0 Å². The van der Waals surface area contributed by atoms with Crippen LogP contribution < -0.4 is 5.73 Å². The number of hydrogen-bond donors (Lipinski definition) is 1. The number of benzene rings is 1. The van der Waals surface area contributed by atoms with Crippen molar-refractivity contribution in [2.75, 3.05) is 12.8 Å². The Balaban J connectivity index is 2.08. The van der Waals surface area contributed by atoms with Gasteiger partial charge in [0.25, 0.3) is 0 Å². The van der Waals surface area contributed by atoms with Crippen LogP contribution in [0.2, 0.25) is 0 Å². The fraction of sp³-hybridized carbons (Fsp3) is 0.571. The molecule has 0 aromatic heterocycles. The van der Waals surface area contributed by atoms with Crippen LogP contribution in [-0.4, -0.2) is 18.0 Å². The van der Waals surface area contributed by atoms with E-state index in [4.69, 9.17) is 5.73 Å². The molecule has 0 bridgehead atoms. The first kappa shape index (κ1) is 11.5. The summed E-state index contributed by atoms with van der Waals surface area (Å²) in [6.07, 6.45) is 2.80. The van der Waals surface area contributed by atoms with Crippen molar-refractivity contribution in [1.29, 1.82) is 0 Å². The molecule has 1 aliphatic carbocycles. The Morgan fingerprint density at radius 3 is 2.56 bits per heavy atom. The molecule has 1 aromatic carbocycles. The predicted molar refractivity (Wildman–Crippen MR) is 69.2 cm³/mol. The first-order valence-electron chi connectivity index (χ1n) is 6.17. The van der Waals surface area contributed by atoms with Crippen LogP contribution in [0.1, 0.15) is 38.3 Å². The second kappa shape index (κ2) is 4.46. The molecule has 88 valence electrons. The van der Waals surface area contributed by atoms with Gasteiger partial charge < -0.3 is 5.73 Å². The standard InChI is InChI=1S/C14H22N2/c1-10(12-7-8-12)16(3)11(2)13-5-4-6-14(15)9-13/h4-6,9-12H,7-8,15H2,1-3H3. The van der Waals surface area contributed by atoms with E-state index >= 15 is 0 Å².